The molecule has 0 bridgehead atoms. The monoisotopic (exact) mass is 190 g/mol. The van der Waals surface area contributed by atoms with Gasteiger partial charge in [-0.3, -0.25) is 5.41 Å². The number of amides is 2. The molecule has 0 atom stereocenters. The van der Waals surface area contributed by atoms with E-state index in [0.29, 0.717) is 12.1 Å². The first-order valence-electron chi connectivity index (χ1n) is 4.19. The quantitative estimate of drug-likeness (QED) is 0.386. The molecule has 0 radical (unpaired) electrons. The molecule has 2 rings (SSSR count). The maximum atomic E-state index is 11.0. The zero-order valence-electron chi connectivity index (χ0n) is 7.42. The Balaban J connectivity index is 2.41. The molecule has 1 aliphatic heterocycles. The largest absolute Gasteiger partial charge is 0.384 e. The number of fused-ring (bicyclic) bond motifs is 1. The highest BCUT2D eigenvalue weighted by molar-refractivity contribution is 5.97. The summed E-state index contributed by atoms with van der Waals surface area (Å²) >= 11 is 0. The molecule has 0 fully saturated rings. The lowest BCUT2D eigenvalue weighted by atomic mass is 10.1. The minimum Gasteiger partial charge on any atom is -0.384 e. The number of hydrogen-bond acceptors (Lipinski definition) is 2. The Morgan fingerprint density at radius 1 is 1.50 bits per heavy atom. The first-order chi connectivity index (χ1) is 6.66. The highest BCUT2D eigenvalue weighted by atomic mass is 16.2. The molecular formula is C9H10N4O. The van der Waals surface area contributed by atoms with Crippen molar-refractivity contribution < 1.29 is 4.79 Å². The van der Waals surface area contributed by atoms with Crippen LogP contribution in [0.3, 0.4) is 0 Å². The number of rotatable bonds is 1. The standard InChI is InChI=1S/C9H10N4O/c10-8(11)5-1-2-7-6(3-5)4-12-9(14)13-7/h1-3H,4H2,(H3,10,11)(H2,12,13,14). The van der Waals surface area contributed by atoms with E-state index in [2.05, 4.69) is 10.6 Å². The summed E-state index contributed by atoms with van der Waals surface area (Å²) in [5.41, 5.74) is 7.74. The maximum absolute atomic E-state index is 11.0. The summed E-state index contributed by atoms with van der Waals surface area (Å²) in [5, 5.41) is 12.6. The first kappa shape index (κ1) is 8.55. The van der Waals surface area contributed by atoms with Gasteiger partial charge in [0, 0.05) is 17.8 Å². The summed E-state index contributed by atoms with van der Waals surface area (Å²) in [4.78, 5) is 11.0. The normalized spacial score (nSPS) is 13.9. The van der Waals surface area contributed by atoms with Crippen molar-refractivity contribution in [2.75, 3.05) is 5.32 Å². The van der Waals surface area contributed by atoms with Gasteiger partial charge in [-0.25, -0.2) is 4.79 Å². The van der Waals surface area contributed by atoms with E-state index in [0.717, 1.165) is 11.3 Å². The fourth-order valence-corrected chi connectivity index (χ4v) is 1.37. The van der Waals surface area contributed by atoms with Crippen molar-refractivity contribution in [3.63, 3.8) is 0 Å². The van der Waals surface area contributed by atoms with Gasteiger partial charge in [0.25, 0.3) is 0 Å². The van der Waals surface area contributed by atoms with Crippen molar-refractivity contribution in [2.45, 2.75) is 6.54 Å². The van der Waals surface area contributed by atoms with Crippen LogP contribution in [0, 0.1) is 5.41 Å². The summed E-state index contributed by atoms with van der Waals surface area (Å²) in [5.74, 6) is 0.0321. The van der Waals surface area contributed by atoms with Crippen molar-refractivity contribution in [1.29, 1.82) is 5.41 Å². The Labute approximate surface area is 80.8 Å². The lowest BCUT2D eigenvalue weighted by Gasteiger charge is -2.18. The SMILES string of the molecule is N=C(N)c1ccc2c(c1)CNC(=O)N2. The van der Waals surface area contributed by atoms with Gasteiger partial charge in [-0.2, -0.15) is 0 Å². The lowest BCUT2D eigenvalue weighted by Crippen LogP contribution is -2.33. The number of nitrogen functional groups attached to an aromatic ring is 1. The molecule has 5 heteroatoms. The summed E-state index contributed by atoms with van der Waals surface area (Å²) in [7, 11) is 0. The predicted molar refractivity (Wildman–Crippen MR) is 53.3 cm³/mol. The van der Waals surface area contributed by atoms with E-state index in [4.69, 9.17) is 11.1 Å². The molecule has 0 spiro atoms. The van der Waals surface area contributed by atoms with E-state index in [-0.39, 0.29) is 11.9 Å². The lowest BCUT2D eigenvalue weighted by molar-refractivity contribution is 0.251. The van der Waals surface area contributed by atoms with Crippen molar-refractivity contribution in [2.24, 2.45) is 5.73 Å². The van der Waals surface area contributed by atoms with Crippen LogP contribution in [-0.2, 0) is 6.54 Å². The number of amidine groups is 1. The summed E-state index contributed by atoms with van der Waals surface area (Å²) in [6, 6.07) is 5.06. The molecule has 1 aromatic rings. The fourth-order valence-electron chi connectivity index (χ4n) is 1.37. The fraction of sp³-hybridized carbons (Fsp3) is 0.111. The van der Waals surface area contributed by atoms with Crippen molar-refractivity contribution in [3.05, 3.63) is 29.3 Å². The van der Waals surface area contributed by atoms with Gasteiger partial charge in [0.1, 0.15) is 5.84 Å². The van der Waals surface area contributed by atoms with Crippen LogP contribution in [0.2, 0.25) is 0 Å². The van der Waals surface area contributed by atoms with Gasteiger partial charge in [0.05, 0.1) is 0 Å². The molecule has 14 heavy (non-hydrogen) atoms. The van der Waals surface area contributed by atoms with Crippen molar-refractivity contribution in [1.82, 2.24) is 5.32 Å². The Bertz CT molecular complexity index is 413. The van der Waals surface area contributed by atoms with Crippen LogP contribution in [-0.4, -0.2) is 11.9 Å². The number of nitrogens with two attached hydrogens (primary N) is 1. The molecule has 2 amide bonds. The molecule has 0 saturated carbocycles. The predicted octanol–water partition coefficient (Wildman–Crippen LogP) is 0.606. The van der Waals surface area contributed by atoms with E-state index >= 15 is 0 Å². The van der Waals surface area contributed by atoms with Gasteiger partial charge in [0.15, 0.2) is 0 Å². The topological polar surface area (TPSA) is 91.0 Å². The van der Waals surface area contributed by atoms with Gasteiger partial charge >= 0.3 is 6.03 Å². The molecule has 0 aromatic heterocycles. The number of benzene rings is 1. The second kappa shape index (κ2) is 3.02. The average molecular weight is 190 g/mol. The van der Waals surface area contributed by atoms with E-state index in [1.807, 2.05) is 0 Å². The Morgan fingerprint density at radius 3 is 3.00 bits per heavy atom. The molecule has 0 saturated heterocycles. The van der Waals surface area contributed by atoms with Gasteiger partial charge in [-0.05, 0) is 23.8 Å². The third-order valence-corrected chi connectivity index (χ3v) is 2.10. The molecule has 5 nitrogen and oxygen atoms in total. The Kier molecular flexibility index (Phi) is 1.85. The van der Waals surface area contributed by atoms with E-state index in [1.54, 1.807) is 18.2 Å². The number of carbonyl (C=O) groups is 1. The van der Waals surface area contributed by atoms with E-state index in [1.165, 1.54) is 0 Å². The molecule has 5 N–H and O–H groups in total. The molecule has 1 aliphatic rings. The van der Waals surface area contributed by atoms with Crippen LogP contribution in [0.1, 0.15) is 11.1 Å². The molecule has 72 valence electrons. The van der Waals surface area contributed by atoms with Crippen molar-refractivity contribution >= 4 is 17.6 Å². The molecule has 1 heterocycles. The number of carbonyl (C=O) groups excluding carboxylic acids is 1. The second-order valence-corrected chi connectivity index (χ2v) is 3.09. The number of urea groups is 1. The van der Waals surface area contributed by atoms with Gasteiger partial charge in [0.2, 0.25) is 0 Å². The Morgan fingerprint density at radius 2 is 2.29 bits per heavy atom. The molecule has 0 aliphatic carbocycles. The highest BCUT2D eigenvalue weighted by Crippen LogP contribution is 2.19. The minimum atomic E-state index is -0.201. The summed E-state index contributed by atoms with van der Waals surface area (Å²) < 4.78 is 0. The first-order valence-corrected chi connectivity index (χ1v) is 4.19. The number of hydrogen-bond donors (Lipinski definition) is 4. The van der Waals surface area contributed by atoms with Crippen LogP contribution >= 0.6 is 0 Å². The van der Waals surface area contributed by atoms with Crippen LogP contribution in [0.15, 0.2) is 18.2 Å². The van der Waals surface area contributed by atoms with Gasteiger partial charge in [-0.15, -0.1) is 0 Å². The number of nitrogens with one attached hydrogen (secondary N) is 3. The molecule has 0 unspecified atom stereocenters. The van der Waals surface area contributed by atoms with Crippen molar-refractivity contribution in [3.8, 4) is 0 Å². The zero-order valence-corrected chi connectivity index (χ0v) is 7.42. The number of anilines is 1. The van der Waals surface area contributed by atoms with E-state index < -0.39 is 0 Å². The minimum absolute atomic E-state index is 0.0321. The third-order valence-electron chi connectivity index (χ3n) is 2.10. The van der Waals surface area contributed by atoms with Crippen LogP contribution in [0.25, 0.3) is 0 Å². The van der Waals surface area contributed by atoms with Crippen LogP contribution in [0.5, 0.6) is 0 Å². The maximum Gasteiger partial charge on any atom is 0.319 e. The summed E-state index contributed by atoms with van der Waals surface area (Å²) in [6.07, 6.45) is 0. The van der Waals surface area contributed by atoms with Crippen LogP contribution < -0.4 is 16.4 Å². The van der Waals surface area contributed by atoms with Gasteiger partial charge in [-0.1, -0.05) is 0 Å². The highest BCUT2D eigenvalue weighted by Gasteiger charge is 2.13. The molecular weight excluding hydrogens is 180 g/mol. The summed E-state index contributed by atoms with van der Waals surface area (Å²) in [6.45, 7) is 0.474. The zero-order chi connectivity index (χ0) is 10.1. The third kappa shape index (κ3) is 1.39. The average Bonchev–Trinajstić information content (AvgIpc) is 2.16. The van der Waals surface area contributed by atoms with Crippen LogP contribution in [0.4, 0.5) is 10.5 Å². The second-order valence-electron chi connectivity index (χ2n) is 3.09. The van der Waals surface area contributed by atoms with Gasteiger partial charge < -0.3 is 16.4 Å². The Hall–Kier alpha value is -2.04. The molecule has 1 aromatic carbocycles. The smallest absolute Gasteiger partial charge is 0.319 e. The van der Waals surface area contributed by atoms with E-state index in [9.17, 15) is 4.79 Å².